The molecule has 1 unspecified atom stereocenters. The molecule has 148 valence electrons. The first kappa shape index (κ1) is 19.9. The number of aliphatic carboxylic acids is 1. The summed E-state index contributed by atoms with van der Waals surface area (Å²) in [5.41, 5.74) is -0.240. The number of rotatable bonds is 6. The van der Waals surface area contributed by atoms with Crippen LogP contribution in [0, 0.1) is 5.82 Å². The van der Waals surface area contributed by atoms with Crippen LogP contribution in [0.2, 0.25) is 0 Å². The molecule has 0 saturated carbocycles. The number of ether oxygens (including phenoxy) is 1. The summed E-state index contributed by atoms with van der Waals surface area (Å²) in [5, 5.41) is 9.88. The molecule has 2 aromatic rings. The van der Waals surface area contributed by atoms with Gasteiger partial charge in [0.25, 0.3) is 5.91 Å². The van der Waals surface area contributed by atoms with E-state index in [-0.39, 0.29) is 11.7 Å². The standard InChI is InChI=1S/C22H24FNO4/c1-2-18(28-19-11-7-6-10-17(19)23)20(25)24-14-12-22(13-15-24,21(26)27)16-8-4-3-5-9-16/h3-11,18H,2,12-15H2,1H3,(H,26,27). The fourth-order valence-corrected chi connectivity index (χ4v) is 3.70. The Morgan fingerprint density at radius 2 is 1.71 bits per heavy atom. The van der Waals surface area contributed by atoms with Crippen LogP contribution in [0.25, 0.3) is 0 Å². The lowest BCUT2D eigenvalue weighted by Gasteiger charge is -2.40. The molecule has 0 radical (unpaired) electrons. The van der Waals surface area contributed by atoms with Gasteiger partial charge >= 0.3 is 5.97 Å². The van der Waals surface area contributed by atoms with E-state index in [0.717, 1.165) is 5.56 Å². The van der Waals surface area contributed by atoms with Gasteiger partial charge in [0, 0.05) is 13.1 Å². The van der Waals surface area contributed by atoms with E-state index in [1.54, 1.807) is 24.0 Å². The number of nitrogens with zero attached hydrogens (tertiary/aromatic N) is 1. The summed E-state index contributed by atoms with van der Waals surface area (Å²) >= 11 is 0. The highest BCUT2D eigenvalue weighted by molar-refractivity contribution is 5.84. The van der Waals surface area contributed by atoms with Gasteiger partial charge < -0.3 is 14.7 Å². The predicted molar refractivity (Wildman–Crippen MR) is 103 cm³/mol. The average molecular weight is 385 g/mol. The van der Waals surface area contributed by atoms with Gasteiger partial charge in [-0.25, -0.2) is 4.39 Å². The zero-order valence-corrected chi connectivity index (χ0v) is 15.8. The van der Waals surface area contributed by atoms with Gasteiger partial charge in [-0.2, -0.15) is 0 Å². The minimum atomic E-state index is -0.994. The number of carbonyl (C=O) groups excluding carboxylic acids is 1. The van der Waals surface area contributed by atoms with Gasteiger partial charge in [0.1, 0.15) is 0 Å². The van der Waals surface area contributed by atoms with Crippen molar-refractivity contribution in [3.8, 4) is 5.75 Å². The van der Waals surface area contributed by atoms with E-state index in [0.29, 0.717) is 32.4 Å². The molecule has 1 atom stereocenters. The topological polar surface area (TPSA) is 66.8 Å². The van der Waals surface area contributed by atoms with Crippen molar-refractivity contribution in [2.24, 2.45) is 0 Å². The van der Waals surface area contributed by atoms with Crippen molar-refractivity contribution >= 4 is 11.9 Å². The van der Waals surface area contributed by atoms with Crippen molar-refractivity contribution in [2.75, 3.05) is 13.1 Å². The monoisotopic (exact) mass is 385 g/mol. The molecule has 28 heavy (non-hydrogen) atoms. The Hall–Kier alpha value is -2.89. The summed E-state index contributed by atoms with van der Waals surface area (Å²) in [7, 11) is 0. The Kier molecular flexibility index (Phi) is 5.97. The maximum atomic E-state index is 13.9. The summed E-state index contributed by atoms with van der Waals surface area (Å²) in [6.07, 6.45) is 0.250. The van der Waals surface area contributed by atoms with Gasteiger partial charge in [0.05, 0.1) is 5.41 Å². The van der Waals surface area contributed by atoms with Gasteiger partial charge in [-0.3, -0.25) is 9.59 Å². The van der Waals surface area contributed by atoms with Crippen molar-refractivity contribution in [1.82, 2.24) is 4.90 Å². The molecular formula is C22H24FNO4. The summed E-state index contributed by atoms with van der Waals surface area (Å²) < 4.78 is 19.5. The lowest BCUT2D eigenvalue weighted by atomic mass is 9.73. The molecule has 1 amide bonds. The quantitative estimate of drug-likeness (QED) is 0.825. The number of carboxylic acid groups (broad SMARTS) is 1. The van der Waals surface area contributed by atoms with Gasteiger partial charge in [-0.05, 0) is 37.0 Å². The third-order valence-electron chi connectivity index (χ3n) is 5.42. The lowest BCUT2D eigenvalue weighted by molar-refractivity contribution is -0.150. The first-order chi connectivity index (χ1) is 13.5. The van der Waals surface area contributed by atoms with Crippen molar-refractivity contribution in [1.29, 1.82) is 0 Å². The van der Waals surface area contributed by atoms with Crippen molar-refractivity contribution in [2.45, 2.75) is 37.7 Å². The van der Waals surface area contributed by atoms with Crippen LogP contribution in [0.15, 0.2) is 54.6 Å². The van der Waals surface area contributed by atoms with E-state index < -0.39 is 23.3 Å². The fourth-order valence-electron chi connectivity index (χ4n) is 3.70. The zero-order valence-electron chi connectivity index (χ0n) is 15.8. The van der Waals surface area contributed by atoms with E-state index in [9.17, 15) is 19.1 Å². The molecule has 1 N–H and O–H groups in total. The number of hydrogen-bond donors (Lipinski definition) is 1. The number of halogens is 1. The predicted octanol–water partition coefficient (Wildman–Crippen LogP) is 3.63. The van der Waals surface area contributed by atoms with E-state index >= 15 is 0 Å². The Morgan fingerprint density at radius 3 is 2.29 bits per heavy atom. The molecule has 1 aliphatic heterocycles. The van der Waals surface area contributed by atoms with Crippen LogP contribution in [0.5, 0.6) is 5.75 Å². The molecule has 1 saturated heterocycles. The van der Waals surface area contributed by atoms with Crippen LogP contribution < -0.4 is 4.74 Å². The highest BCUT2D eigenvalue weighted by Crippen LogP contribution is 2.36. The van der Waals surface area contributed by atoms with Crippen LogP contribution >= 0.6 is 0 Å². The summed E-state index contributed by atoms with van der Waals surface area (Å²) in [6, 6.07) is 15.1. The number of piperidine rings is 1. The largest absolute Gasteiger partial charge is 0.481 e. The molecular weight excluding hydrogens is 361 g/mol. The maximum Gasteiger partial charge on any atom is 0.314 e. The van der Waals surface area contributed by atoms with Gasteiger partial charge in [0.15, 0.2) is 17.7 Å². The summed E-state index contributed by atoms with van der Waals surface area (Å²) in [5.74, 6) is -1.58. The molecule has 0 bridgehead atoms. The number of amides is 1. The minimum Gasteiger partial charge on any atom is -0.481 e. The summed E-state index contributed by atoms with van der Waals surface area (Å²) in [4.78, 5) is 26.6. The van der Waals surface area contributed by atoms with E-state index in [1.165, 1.54) is 12.1 Å². The highest BCUT2D eigenvalue weighted by Gasteiger charge is 2.44. The Morgan fingerprint density at radius 1 is 1.11 bits per heavy atom. The maximum absolute atomic E-state index is 13.9. The molecule has 1 aliphatic rings. The van der Waals surface area contributed by atoms with Crippen LogP contribution in [0.1, 0.15) is 31.7 Å². The molecule has 0 aromatic heterocycles. The molecule has 2 aromatic carbocycles. The SMILES string of the molecule is CCC(Oc1ccccc1F)C(=O)N1CCC(C(=O)O)(c2ccccc2)CC1. The first-order valence-electron chi connectivity index (χ1n) is 9.47. The Bertz CT molecular complexity index is 831. The second-order valence-corrected chi connectivity index (χ2v) is 7.02. The van der Waals surface area contributed by atoms with Crippen LogP contribution in [0.4, 0.5) is 4.39 Å². The normalized spacial score (nSPS) is 17.0. The van der Waals surface area contributed by atoms with Crippen LogP contribution in [-0.2, 0) is 15.0 Å². The van der Waals surface area contributed by atoms with Gasteiger partial charge in [-0.1, -0.05) is 49.4 Å². The molecule has 1 heterocycles. The highest BCUT2D eigenvalue weighted by atomic mass is 19.1. The van der Waals surface area contributed by atoms with Crippen LogP contribution in [0.3, 0.4) is 0 Å². The van der Waals surface area contributed by atoms with E-state index in [1.807, 2.05) is 30.3 Å². The number of carbonyl (C=O) groups is 2. The van der Waals surface area contributed by atoms with E-state index in [2.05, 4.69) is 0 Å². The third kappa shape index (κ3) is 3.86. The summed E-state index contributed by atoms with van der Waals surface area (Å²) in [6.45, 7) is 2.44. The number of hydrogen-bond acceptors (Lipinski definition) is 3. The Labute approximate surface area is 163 Å². The van der Waals surface area contributed by atoms with E-state index in [4.69, 9.17) is 4.74 Å². The molecule has 6 heteroatoms. The molecule has 1 fully saturated rings. The number of likely N-dealkylation sites (tertiary alicyclic amines) is 1. The van der Waals surface area contributed by atoms with Crippen LogP contribution in [-0.4, -0.2) is 41.1 Å². The first-order valence-corrected chi connectivity index (χ1v) is 9.47. The number of carboxylic acids is 1. The number of para-hydroxylation sites is 1. The number of benzene rings is 2. The van der Waals surface area contributed by atoms with Crippen molar-refractivity contribution in [3.63, 3.8) is 0 Å². The minimum absolute atomic E-state index is 0.0453. The molecule has 3 rings (SSSR count). The molecule has 5 nitrogen and oxygen atoms in total. The van der Waals surface area contributed by atoms with Gasteiger partial charge in [0.2, 0.25) is 0 Å². The average Bonchev–Trinajstić information content (AvgIpc) is 2.73. The Balaban J connectivity index is 1.71. The molecule has 0 spiro atoms. The van der Waals surface area contributed by atoms with Gasteiger partial charge in [-0.15, -0.1) is 0 Å². The molecule has 0 aliphatic carbocycles. The smallest absolute Gasteiger partial charge is 0.314 e. The van der Waals surface area contributed by atoms with Crippen molar-refractivity contribution in [3.05, 3.63) is 66.0 Å². The lowest BCUT2D eigenvalue weighted by Crippen LogP contribution is -2.52. The third-order valence-corrected chi connectivity index (χ3v) is 5.42. The zero-order chi connectivity index (χ0) is 20.1. The second kappa shape index (κ2) is 8.42. The second-order valence-electron chi connectivity index (χ2n) is 7.02. The fraction of sp³-hybridized carbons (Fsp3) is 0.364. The van der Waals surface area contributed by atoms with Crippen molar-refractivity contribution < 1.29 is 23.8 Å².